The van der Waals surface area contributed by atoms with E-state index in [1.165, 1.54) is 11.1 Å². The lowest BCUT2D eigenvalue weighted by Gasteiger charge is -2.26. The number of ether oxygens (including phenoxy) is 4. The number of carbonyl (C=O) groups excluding carboxylic acids is 1. The number of hydrogen-bond donors (Lipinski definition) is 1. The molecule has 1 atom stereocenters. The Morgan fingerprint density at radius 2 is 1.76 bits per heavy atom. The molecule has 0 fully saturated rings. The lowest BCUT2D eigenvalue weighted by Crippen LogP contribution is -2.30. The molecule has 0 aromatic heterocycles. The zero-order valence-electron chi connectivity index (χ0n) is 19.9. The van der Waals surface area contributed by atoms with Gasteiger partial charge >= 0.3 is 5.97 Å². The molecule has 0 aliphatic carbocycles. The molecule has 8 heteroatoms. The zero-order chi connectivity index (χ0) is 24.0. The fourth-order valence-corrected chi connectivity index (χ4v) is 4.54. The number of amidine groups is 1. The molecule has 1 aliphatic heterocycles. The molecule has 1 aliphatic rings. The van der Waals surface area contributed by atoms with Gasteiger partial charge in [0.25, 0.3) is 0 Å². The second-order valence-corrected chi connectivity index (χ2v) is 8.42. The average Bonchev–Trinajstić information content (AvgIpc) is 2.81. The SMILES string of the molecule is CCOC(=O)C1=C(C)NC(SCc2cccc(C)c2)=N[C@@H]1c1cc(OC)c(OC)c(OC)c1. The van der Waals surface area contributed by atoms with Gasteiger partial charge in [-0.1, -0.05) is 41.6 Å². The van der Waals surface area contributed by atoms with Crippen LogP contribution in [-0.2, 0) is 15.3 Å². The molecule has 0 saturated carbocycles. The van der Waals surface area contributed by atoms with Gasteiger partial charge in [0.05, 0.1) is 33.5 Å². The van der Waals surface area contributed by atoms with Crippen LogP contribution in [0.5, 0.6) is 17.2 Å². The lowest BCUT2D eigenvalue weighted by atomic mass is 9.96. The van der Waals surface area contributed by atoms with Gasteiger partial charge in [-0.25, -0.2) is 9.79 Å². The number of thioether (sulfide) groups is 1. The van der Waals surface area contributed by atoms with Crippen LogP contribution in [0.4, 0.5) is 0 Å². The fraction of sp³-hybridized carbons (Fsp3) is 0.360. The van der Waals surface area contributed by atoms with Crippen molar-refractivity contribution in [1.29, 1.82) is 0 Å². The molecular weight excluding hydrogens is 440 g/mol. The first-order valence-corrected chi connectivity index (χ1v) is 11.6. The molecule has 176 valence electrons. The van der Waals surface area contributed by atoms with Crippen molar-refractivity contribution in [3.8, 4) is 17.2 Å². The summed E-state index contributed by atoms with van der Waals surface area (Å²) in [5.41, 5.74) is 4.30. The Balaban J connectivity index is 2.02. The number of benzene rings is 2. The van der Waals surface area contributed by atoms with E-state index < -0.39 is 12.0 Å². The summed E-state index contributed by atoms with van der Waals surface area (Å²) < 4.78 is 21.8. The number of aryl methyl sites for hydroxylation is 1. The molecule has 2 aromatic carbocycles. The standard InChI is InChI=1S/C25H30N2O5S/c1-7-32-24(28)21-16(3)26-25(33-14-17-10-8-9-15(2)11-17)27-22(21)18-12-19(29-4)23(31-6)20(13-18)30-5/h8-13,22H,7,14H2,1-6H3,(H,26,27)/t22-/m1/s1. The topological polar surface area (TPSA) is 78.4 Å². The number of hydrogen-bond acceptors (Lipinski definition) is 8. The van der Waals surface area contributed by atoms with Gasteiger partial charge in [0, 0.05) is 11.4 Å². The van der Waals surface area contributed by atoms with Crippen LogP contribution in [0, 0.1) is 6.92 Å². The zero-order valence-corrected chi connectivity index (χ0v) is 20.7. The minimum atomic E-state index is -0.584. The van der Waals surface area contributed by atoms with E-state index in [9.17, 15) is 4.79 Å². The Morgan fingerprint density at radius 3 is 2.33 bits per heavy atom. The second kappa shape index (κ2) is 11.1. The monoisotopic (exact) mass is 470 g/mol. The molecule has 2 aromatic rings. The summed E-state index contributed by atoms with van der Waals surface area (Å²) in [5.74, 6) is 1.81. The predicted octanol–water partition coefficient (Wildman–Crippen LogP) is 4.79. The first kappa shape index (κ1) is 24.5. The number of methoxy groups -OCH3 is 3. The van der Waals surface area contributed by atoms with Gasteiger partial charge in [0.2, 0.25) is 5.75 Å². The van der Waals surface area contributed by atoms with Crippen LogP contribution in [0.15, 0.2) is 52.7 Å². The highest BCUT2D eigenvalue weighted by Gasteiger charge is 2.32. The molecule has 0 radical (unpaired) electrons. The Hall–Kier alpha value is -3.13. The third kappa shape index (κ3) is 5.63. The van der Waals surface area contributed by atoms with Gasteiger partial charge < -0.3 is 24.3 Å². The third-order valence-corrected chi connectivity index (χ3v) is 6.13. The minimum Gasteiger partial charge on any atom is -0.493 e. The summed E-state index contributed by atoms with van der Waals surface area (Å²) in [7, 11) is 4.67. The number of nitrogens with one attached hydrogen (secondary N) is 1. The van der Waals surface area contributed by atoms with Crippen LogP contribution in [-0.4, -0.2) is 39.1 Å². The molecule has 0 saturated heterocycles. The van der Waals surface area contributed by atoms with Crippen LogP contribution < -0.4 is 19.5 Å². The molecule has 3 rings (SSSR count). The van der Waals surface area contributed by atoms with Gasteiger partial charge in [0.15, 0.2) is 16.7 Å². The highest BCUT2D eigenvalue weighted by atomic mass is 32.2. The largest absolute Gasteiger partial charge is 0.493 e. The highest BCUT2D eigenvalue weighted by Crippen LogP contribution is 2.43. The van der Waals surface area contributed by atoms with E-state index >= 15 is 0 Å². The summed E-state index contributed by atoms with van der Waals surface area (Å²) in [6, 6.07) is 11.4. The summed E-state index contributed by atoms with van der Waals surface area (Å²) in [6.07, 6.45) is 0. The van der Waals surface area contributed by atoms with Crippen molar-refractivity contribution < 1.29 is 23.7 Å². The van der Waals surface area contributed by atoms with E-state index in [1.807, 2.05) is 25.1 Å². The number of esters is 1. The van der Waals surface area contributed by atoms with E-state index in [-0.39, 0.29) is 6.61 Å². The molecule has 1 N–H and O–H groups in total. The highest BCUT2D eigenvalue weighted by molar-refractivity contribution is 8.13. The summed E-state index contributed by atoms with van der Waals surface area (Å²) in [6.45, 7) is 5.99. The van der Waals surface area contributed by atoms with Crippen LogP contribution in [0.2, 0.25) is 0 Å². The van der Waals surface area contributed by atoms with Crippen molar-refractivity contribution in [1.82, 2.24) is 5.32 Å². The van der Waals surface area contributed by atoms with E-state index in [1.54, 1.807) is 40.0 Å². The maximum atomic E-state index is 12.9. The van der Waals surface area contributed by atoms with Gasteiger partial charge in [-0.05, 0) is 44.0 Å². The molecule has 1 heterocycles. The van der Waals surface area contributed by atoms with Crippen molar-refractivity contribution >= 4 is 22.9 Å². The van der Waals surface area contributed by atoms with Crippen molar-refractivity contribution in [3.05, 3.63) is 64.4 Å². The van der Waals surface area contributed by atoms with Crippen LogP contribution >= 0.6 is 11.8 Å². The van der Waals surface area contributed by atoms with Gasteiger partial charge in [0.1, 0.15) is 6.04 Å². The van der Waals surface area contributed by atoms with E-state index in [0.717, 1.165) is 16.5 Å². The maximum Gasteiger partial charge on any atom is 0.338 e. The fourth-order valence-electron chi connectivity index (χ4n) is 3.65. The Bertz CT molecular complexity index is 1060. The number of allylic oxidation sites excluding steroid dienone is 1. The first-order valence-electron chi connectivity index (χ1n) is 10.6. The average molecular weight is 471 g/mol. The summed E-state index contributed by atoms with van der Waals surface area (Å²) in [4.78, 5) is 17.8. The van der Waals surface area contributed by atoms with Crippen LogP contribution in [0.3, 0.4) is 0 Å². The summed E-state index contributed by atoms with van der Waals surface area (Å²) >= 11 is 1.58. The van der Waals surface area contributed by atoms with Crippen molar-refractivity contribution in [2.75, 3.05) is 27.9 Å². The Morgan fingerprint density at radius 1 is 1.06 bits per heavy atom. The third-order valence-electron chi connectivity index (χ3n) is 5.17. The summed E-state index contributed by atoms with van der Waals surface area (Å²) in [5, 5.41) is 4.00. The molecule has 0 amide bonds. The van der Waals surface area contributed by atoms with Gasteiger partial charge in [-0.15, -0.1) is 0 Å². The number of rotatable bonds is 8. The van der Waals surface area contributed by atoms with Crippen LogP contribution in [0.1, 0.15) is 36.6 Å². The molecule has 33 heavy (non-hydrogen) atoms. The molecule has 7 nitrogen and oxygen atoms in total. The van der Waals surface area contributed by atoms with Crippen molar-refractivity contribution in [3.63, 3.8) is 0 Å². The quantitative estimate of drug-likeness (QED) is 0.556. The second-order valence-electron chi connectivity index (χ2n) is 7.46. The molecule has 0 bridgehead atoms. The number of nitrogens with zero attached hydrogens (tertiary/aromatic N) is 1. The Labute approximate surface area is 199 Å². The van der Waals surface area contributed by atoms with Gasteiger partial charge in [-0.2, -0.15) is 0 Å². The van der Waals surface area contributed by atoms with E-state index in [4.69, 9.17) is 23.9 Å². The smallest absolute Gasteiger partial charge is 0.338 e. The maximum absolute atomic E-state index is 12.9. The van der Waals surface area contributed by atoms with Crippen LogP contribution in [0.25, 0.3) is 0 Å². The molecule has 0 unspecified atom stereocenters. The molecule has 0 spiro atoms. The number of aliphatic imine (C=N–C) groups is 1. The van der Waals surface area contributed by atoms with Crippen molar-refractivity contribution in [2.45, 2.75) is 32.6 Å². The lowest BCUT2D eigenvalue weighted by molar-refractivity contribution is -0.138. The van der Waals surface area contributed by atoms with Crippen molar-refractivity contribution in [2.24, 2.45) is 4.99 Å². The normalized spacial score (nSPS) is 15.5. The first-order chi connectivity index (χ1) is 15.9. The minimum absolute atomic E-state index is 0.274. The molecular formula is C25H30N2O5S. The van der Waals surface area contributed by atoms with Gasteiger partial charge in [-0.3, -0.25) is 0 Å². The predicted molar refractivity (Wildman–Crippen MR) is 131 cm³/mol. The Kier molecular flexibility index (Phi) is 8.27. The number of carbonyl (C=O) groups is 1. The van der Waals surface area contributed by atoms with E-state index in [2.05, 4.69) is 30.4 Å². The van der Waals surface area contributed by atoms with E-state index in [0.29, 0.717) is 28.5 Å².